The van der Waals surface area contributed by atoms with Crippen LogP contribution in [0.5, 0.6) is 0 Å². The maximum Gasteiger partial charge on any atom is 0.224 e. The molecule has 1 aliphatic rings. The Morgan fingerprint density at radius 2 is 1.84 bits per heavy atom. The molecule has 0 unspecified atom stereocenters. The van der Waals surface area contributed by atoms with Gasteiger partial charge >= 0.3 is 0 Å². The number of benzene rings is 1. The standard InChI is InChI=1S/C18H21BrN4O2/c1-13(24)22-9-11-23(12-10-22)17(25)7-8-20-16-6-5-14-3-2-4-15(19)18(14)21-16/h2-6H,7-12H2,1H3,(H,20,21). The third-order valence-electron chi connectivity index (χ3n) is 4.39. The molecule has 0 spiro atoms. The van der Waals surface area contributed by atoms with Gasteiger partial charge in [-0.1, -0.05) is 12.1 Å². The Bertz CT molecular complexity index is 788. The minimum absolute atomic E-state index is 0.0716. The van der Waals surface area contributed by atoms with Gasteiger partial charge in [-0.15, -0.1) is 0 Å². The molecule has 0 bridgehead atoms. The second kappa shape index (κ2) is 7.82. The van der Waals surface area contributed by atoms with Gasteiger partial charge in [0.05, 0.1) is 5.52 Å². The van der Waals surface area contributed by atoms with E-state index in [2.05, 4.69) is 26.2 Å². The van der Waals surface area contributed by atoms with Crippen LogP contribution < -0.4 is 5.32 Å². The molecule has 1 aromatic carbocycles. The molecule has 1 aliphatic heterocycles. The zero-order valence-corrected chi connectivity index (χ0v) is 15.8. The Labute approximate surface area is 155 Å². The van der Waals surface area contributed by atoms with Crippen molar-refractivity contribution in [2.24, 2.45) is 0 Å². The molecule has 1 fully saturated rings. The molecule has 6 nitrogen and oxygen atoms in total. The predicted octanol–water partition coefficient (Wildman–Crippen LogP) is 2.49. The van der Waals surface area contributed by atoms with Crippen molar-refractivity contribution < 1.29 is 9.59 Å². The van der Waals surface area contributed by atoms with Crippen LogP contribution in [-0.4, -0.2) is 59.3 Å². The van der Waals surface area contributed by atoms with E-state index < -0.39 is 0 Å². The van der Waals surface area contributed by atoms with E-state index in [-0.39, 0.29) is 11.8 Å². The molecule has 1 N–H and O–H groups in total. The van der Waals surface area contributed by atoms with E-state index in [4.69, 9.17) is 0 Å². The second-order valence-corrected chi connectivity index (χ2v) is 6.93. The lowest BCUT2D eigenvalue weighted by Crippen LogP contribution is -2.50. The third-order valence-corrected chi connectivity index (χ3v) is 5.03. The number of carbonyl (C=O) groups excluding carboxylic acids is 2. The van der Waals surface area contributed by atoms with E-state index in [1.54, 1.807) is 11.8 Å². The molecule has 0 radical (unpaired) electrons. The smallest absolute Gasteiger partial charge is 0.224 e. The van der Waals surface area contributed by atoms with Crippen LogP contribution in [0.15, 0.2) is 34.8 Å². The molecule has 0 atom stereocenters. The number of nitrogens with zero attached hydrogens (tertiary/aromatic N) is 3. The van der Waals surface area contributed by atoms with Gasteiger partial charge in [0.1, 0.15) is 5.82 Å². The normalized spacial score (nSPS) is 14.6. The van der Waals surface area contributed by atoms with Crippen molar-refractivity contribution in [2.45, 2.75) is 13.3 Å². The maximum atomic E-state index is 12.3. The average molecular weight is 405 g/mol. The molecule has 1 aromatic heterocycles. The number of amides is 2. The molecule has 25 heavy (non-hydrogen) atoms. The number of aromatic nitrogens is 1. The summed E-state index contributed by atoms with van der Waals surface area (Å²) in [5.74, 6) is 0.938. The number of anilines is 1. The topological polar surface area (TPSA) is 65.5 Å². The van der Waals surface area contributed by atoms with Gasteiger partial charge in [-0.2, -0.15) is 0 Å². The lowest BCUT2D eigenvalue weighted by Gasteiger charge is -2.34. The van der Waals surface area contributed by atoms with Crippen molar-refractivity contribution in [1.82, 2.24) is 14.8 Å². The largest absolute Gasteiger partial charge is 0.370 e. The van der Waals surface area contributed by atoms with Gasteiger partial charge in [-0.3, -0.25) is 9.59 Å². The van der Waals surface area contributed by atoms with Crippen molar-refractivity contribution in [3.8, 4) is 0 Å². The Balaban J connectivity index is 1.50. The zero-order chi connectivity index (χ0) is 17.8. The van der Waals surface area contributed by atoms with Crippen molar-refractivity contribution >= 4 is 44.5 Å². The van der Waals surface area contributed by atoms with E-state index in [1.807, 2.05) is 35.2 Å². The summed E-state index contributed by atoms with van der Waals surface area (Å²) in [6.07, 6.45) is 0.412. The molecule has 2 amide bonds. The van der Waals surface area contributed by atoms with Gasteiger partial charge in [-0.05, 0) is 34.1 Å². The number of piperazine rings is 1. The summed E-state index contributed by atoms with van der Waals surface area (Å²) < 4.78 is 0.952. The van der Waals surface area contributed by atoms with E-state index in [0.717, 1.165) is 21.2 Å². The van der Waals surface area contributed by atoms with Crippen LogP contribution in [0.4, 0.5) is 5.82 Å². The first-order chi connectivity index (χ1) is 12.0. The van der Waals surface area contributed by atoms with Gasteiger partial charge < -0.3 is 15.1 Å². The monoisotopic (exact) mass is 404 g/mol. The maximum absolute atomic E-state index is 12.3. The summed E-state index contributed by atoms with van der Waals surface area (Å²) in [5.41, 5.74) is 0.902. The number of hydrogen-bond acceptors (Lipinski definition) is 4. The SMILES string of the molecule is CC(=O)N1CCN(C(=O)CCNc2ccc3cccc(Br)c3n2)CC1. The second-order valence-electron chi connectivity index (χ2n) is 6.07. The van der Waals surface area contributed by atoms with Gasteiger partial charge in [-0.25, -0.2) is 4.98 Å². The van der Waals surface area contributed by atoms with Gasteiger partial charge in [0.15, 0.2) is 0 Å². The fourth-order valence-corrected chi connectivity index (χ4v) is 3.41. The van der Waals surface area contributed by atoms with Crippen LogP contribution in [0, 0.1) is 0 Å². The predicted molar refractivity (Wildman–Crippen MR) is 101 cm³/mol. The van der Waals surface area contributed by atoms with E-state index in [9.17, 15) is 9.59 Å². The summed E-state index contributed by atoms with van der Waals surface area (Å²) in [6, 6.07) is 9.89. The fraction of sp³-hybridized carbons (Fsp3) is 0.389. The molecule has 132 valence electrons. The van der Waals surface area contributed by atoms with E-state index >= 15 is 0 Å². The molecular weight excluding hydrogens is 384 g/mol. The number of nitrogens with one attached hydrogen (secondary N) is 1. The minimum atomic E-state index is 0.0716. The number of para-hydroxylation sites is 1. The number of rotatable bonds is 4. The molecule has 0 aliphatic carbocycles. The number of fused-ring (bicyclic) bond motifs is 1. The first-order valence-corrected chi connectivity index (χ1v) is 9.16. The van der Waals surface area contributed by atoms with Crippen LogP contribution in [-0.2, 0) is 9.59 Å². The van der Waals surface area contributed by atoms with Crippen LogP contribution >= 0.6 is 15.9 Å². The third kappa shape index (κ3) is 4.28. The first kappa shape index (κ1) is 17.7. The van der Waals surface area contributed by atoms with Gasteiger partial charge in [0.2, 0.25) is 11.8 Å². The summed E-state index contributed by atoms with van der Waals surface area (Å²) in [4.78, 5) is 31.8. The highest BCUT2D eigenvalue weighted by Crippen LogP contribution is 2.23. The molecule has 2 aromatic rings. The van der Waals surface area contributed by atoms with Crippen molar-refractivity contribution in [1.29, 1.82) is 0 Å². The molecule has 7 heteroatoms. The Morgan fingerprint density at radius 3 is 2.56 bits per heavy atom. The molecule has 3 rings (SSSR count). The van der Waals surface area contributed by atoms with Crippen molar-refractivity contribution in [3.63, 3.8) is 0 Å². The van der Waals surface area contributed by atoms with Crippen LogP contribution in [0.2, 0.25) is 0 Å². The minimum Gasteiger partial charge on any atom is -0.370 e. The fourth-order valence-electron chi connectivity index (χ4n) is 2.94. The summed E-state index contributed by atoms with van der Waals surface area (Å²) in [7, 11) is 0. The Kier molecular flexibility index (Phi) is 5.53. The average Bonchev–Trinajstić information content (AvgIpc) is 2.62. The number of halogens is 1. The van der Waals surface area contributed by atoms with Crippen molar-refractivity contribution in [2.75, 3.05) is 38.0 Å². The van der Waals surface area contributed by atoms with Gasteiger partial charge in [0.25, 0.3) is 0 Å². The van der Waals surface area contributed by atoms with Gasteiger partial charge in [0, 0.05) is 55.9 Å². The highest BCUT2D eigenvalue weighted by molar-refractivity contribution is 9.10. The quantitative estimate of drug-likeness (QED) is 0.849. The molecular formula is C18H21BrN4O2. The highest BCUT2D eigenvalue weighted by atomic mass is 79.9. The lowest BCUT2D eigenvalue weighted by molar-refractivity contribution is -0.138. The van der Waals surface area contributed by atoms with E-state index in [1.165, 1.54) is 0 Å². The summed E-state index contributed by atoms with van der Waals surface area (Å²) in [6.45, 7) is 4.56. The summed E-state index contributed by atoms with van der Waals surface area (Å²) in [5, 5.41) is 4.29. The zero-order valence-electron chi connectivity index (χ0n) is 14.2. The Morgan fingerprint density at radius 1 is 1.12 bits per heavy atom. The Hall–Kier alpha value is -2.15. The highest BCUT2D eigenvalue weighted by Gasteiger charge is 2.21. The number of pyridine rings is 1. The van der Waals surface area contributed by atoms with Crippen LogP contribution in [0.3, 0.4) is 0 Å². The molecule has 1 saturated heterocycles. The van der Waals surface area contributed by atoms with E-state index in [0.29, 0.717) is 39.1 Å². The van der Waals surface area contributed by atoms with Crippen LogP contribution in [0.1, 0.15) is 13.3 Å². The number of carbonyl (C=O) groups is 2. The summed E-state index contributed by atoms with van der Waals surface area (Å²) >= 11 is 3.51. The molecule has 0 saturated carbocycles. The first-order valence-electron chi connectivity index (χ1n) is 8.37. The van der Waals surface area contributed by atoms with Crippen LogP contribution in [0.25, 0.3) is 10.9 Å². The molecule has 2 heterocycles. The van der Waals surface area contributed by atoms with Crippen molar-refractivity contribution in [3.05, 3.63) is 34.8 Å². The lowest BCUT2D eigenvalue weighted by atomic mass is 10.2. The number of hydrogen-bond donors (Lipinski definition) is 1.